The second-order valence-corrected chi connectivity index (χ2v) is 21.2. The number of carbonyl (C=O) groups excluding carboxylic acids is 1. The summed E-state index contributed by atoms with van der Waals surface area (Å²) in [6, 6.07) is 30.6. The first-order chi connectivity index (χ1) is 34.4. The largest absolute Gasteiger partial charge is 0.393 e. The van der Waals surface area contributed by atoms with E-state index >= 15 is 0 Å². The average molecular weight is 963 g/mol. The number of piperidine rings is 1. The van der Waals surface area contributed by atoms with Crippen molar-refractivity contribution in [1.29, 1.82) is 0 Å². The van der Waals surface area contributed by atoms with E-state index in [-0.39, 0.29) is 30.5 Å². The number of hydrogen-bond acceptors (Lipinski definition) is 7. The number of aliphatic hydroxyl groups excluding tert-OH is 1. The van der Waals surface area contributed by atoms with Gasteiger partial charge in [0.1, 0.15) is 5.65 Å². The Kier molecular flexibility index (Phi) is 13.5. The molecule has 2 aliphatic carbocycles. The summed E-state index contributed by atoms with van der Waals surface area (Å²) in [5.41, 5.74) is 12.2. The van der Waals surface area contributed by atoms with Gasteiger partial charge in [0.05, 0.1) is 18.0 Å². The molecule has 7 aromatic rings. The fourth-order valence-electron chi connectivity index (χ4n) is 11.5. The van der Waals surface area contributed by atoms with Crippen LogP contribution in [-0.2, 0) is 25.9 Å². The molecule has 11 rings (SSSR count). The van der Waals surface area contributed by atoms with E-state index < -0.39 is 12.6 Å². The third-order valence-corrected chi connectivity index (χ3v) is 15.9. The van der Waals surface area contributed by atoms with Gasteiger partial charge in [0.2, 0.25) is 5.95 Å². The summed E-state index contributed by atoms with van der Waals surface area (Å²) < 4.78 is 42.8. The van der Waals surface area contributed by atoms with Crippen molar-refractivity contribution in [3.63, 3.8) is 0 Å². The van der Waals surface area contributed by atoms with Crippen molar-refractivity contribution >= 4 is 33.8 Å². The fraction of sp³-hybridized carbons (Fsp3) is 0.448. The smallest absolute Gasteiger partial charge is 0.390 e. The first kappa shape index (κ1) is 47.3. The van der Waals surface area contributed by atoms with E-state index in [1.54, 1.807) is 6.20 Å². The van der Waals surface area contributed by atoms with Crippen LogP contribution in [0.3, 0.4) is 0 Å². The number of amides is 1. The number of nitrogens with zero attached hydrogens (tertiary/aromatic N) is 7. The molecule has 2 aliphatic heterocycles. The number of aromatic nitrogens is 5. The van der Waals surface area contributed by atoms with Crippen LogP contribution in [0.2, 0.25) is 0 Å². The first-order valence-corrected chi connectivity index (χ1v) is 26.1. The second-order valence-electron chi connectivity index (χ2n) is 21.2. The van der Waals surface area contributed by atoms with Gasteiger partial charge < -0.3 is 19.9 Å². The van der Waals surface area contributed by atoms with Gasteiger partial charge in [-0.15, -0.1) is 0 Å². The lowest BCUT2D eigenvalue weighted by Crippen LogP contribution is -2.54. The van der Waals surface area contributed by atoms with Crippen LogP contribution >= 0.6 is 0 Å². The molecule has 4 fully saturated rings. The van der Waals surface area contributed by atoms with Crippen LogP contribution in [0.4, 0.5) is 19.1 Å². The van der Waals surface area contributed by atoms with E-state index in [4.69, 9.17) is 10.1 Å². The minimum atomic E-state index is -4.26. The van der Waals surface area contributed by atoms with Gasteiger partial charge in [-0.25, -0.2) is 4.98 Å². The molecule has 5 heterocycles. The molecule has 13 heteroatoms. The van der Waals surface area contributed by atoms with Crippen molar-refractivity contribution in [1.82, 2.24) is 34.1 Å². The summed E-state index contributed by atoms with van der Waals surface area (Å²) in [4.78, 5) is 27.2. The monoisotopic (exact) mass is 963 g/mol. The molecule has 2 saturated heterocycles. The molecule has 0 atom stereocenters. The molecule has 2 saturated carbocycles. The number of halogens is 3. The van der Waals surface area contributed by atoms with Crippen LogP contribution < -0.4 is 5.32 Å². The lowest BCUT2D eigenvalue weighted by atomic mass is 9.79. The highest BCUT2D eigenvalue weighted by atomic mass is 19.4. The van der Waals surface area contributed by atoms with Gasteiger partial charge in [0, 0.05) is 79.3 Å². The van der Waals surface area contributed by atoms with Crippen molar-refractivity contribution < 1.29 is 23.1 Å². The Bertz CT molecular complexity index is 2970. The minimum Gasteiger partial charge on any atom is -0.393 e. The maximum Gasteiger partial charge on any atom is 0.390 e. The summed E-state index contributed by atoms with van der Waals surface area (Å²) in [6.45, 7) is 7.57. The molecule has 0 unspecified atom stereocenters. The number of aryl methyl sites for hydroxylation is 3. The van der Waals surface area contributed by atoms with Gasteiger partial charge in [-0.1, -0.05) is 60.7 Å². The number of alkyl halides is 3. The number of carbonyl (C=O) groups is 1. The number of nitrogens with one attached hydrogen (secondary N) is 1. The van der Waals surface area contributed by atoms with Crippen LogP contribution in [0, 0.1) is 24.7 Å². The maximum atomic E-state index is 13.5. The summed E-state index contributed by atoms with van der Waals surface area (Å²) in [5.74, 6) is 2.31. The second kappa shape index (κ2) is 20.2. The van der Waals surface area contributed by atoms with Crippen molar-refractivity contribution in [2.45, 2.75) is 115 Å². The van der Waals surface area contributed by atoms with Crippen LogP contribution in [0.25, 0.3) is 44.2 Å². The van der Waals surface area contributed by atoms with Crippen LogP contribution in [0.5, 0.6) is 0 Å². The third-order valence-electron chi connectivity index (χ3n) is 15.9. The molecule has 71 heavy (non-hydrogen) atoms. The minimum absolute atomic E-state index is 0.138. The van der Waals surface area contributed by atoms with Crippen molar-refractivity contribution in [2.75, 3.05) is 38.0 Å². The van der Waals surface area contributed by atoms with E-state index in [1.807, 2.05) is 17.0 Å². The Morgan fingerprint density at radius 2 is 1.49 bits per heavy atom. The third kappa shape index (κ3) is 11.1. The number of benzene rings is 4. The van der Waals surface area contributed by atoms with E-state index in [0.29, 0.717) is 30.3 Å². The normalized spacial score (nSPS) is 19.4. The Morgan fingerprint density at radius 1 is 0.775 bits per heavy atom. The number of anilines is 1. The maximum absolute atomic E-state index is 13.5. The molecule has 1 amide bonds. The van der Waals surface area contributed by atoms with Crippen LogP contribution in [-0.4, -0.2) is 90.1 Å². The molecule has 0 spiro atoms. The van der Waals surface area contributed by atoms with Crippen molar-refractivity contribution in [3.8, 4) is 22.3 Å². The fourth-order valence-corrected chi connectivity index (χ4v) is 11.5. The number of hydrogen-bond donors (Lipinski definition) is 2. The zero-order valence-corrected chi connectivity index (χ0v) is 40.8. The van der Waals surface area contributed by atoms with Crippen LogP contribution in [0.1, 0.15) is 103 Å². The van der Waals surface area contributed by atoms with Crippen molar-refractivity contribution in [2.24, 2.45) is 17.8 Å². The molecular weight excluding hydrogens is 898 g/mol. The zero-order valence-electron chi connectivity index (χ0n) is 40.8. The molecule has 2 N–H and O–H groups in total. The van der Waals surface area contributed by atoms with Gasteiger partial charge in [-0.2, -0.15) is 23.3 Å². The Hall–Kier alpha value is -6.05. The highest BCUT2D eigenvalue weighted by Crippen LogP contribution is 2.38. The van der Waals surface area contributed by atoms with Crippen LogP contribution in [0.15, 0.2) is 104 Å². The number of fused-ring (bicyclic) bond motifs is 2. The van der Waals surface area contributed by atoms with Gasteiger partial charge in [-0.3, -0.25) is 14.4 Å². The number of rotatable bonds is 16. The van der Waals surface area contributed by atoms with Gasteiger partial charge in [0.15, 0.2) is 0 Å². The van der Waals surface area contributed by atoms with E-state index in [1.165, 1.54) is 51.6 Å². The predicted molar refractivity (Wildman–Crippen MR) is 274 cm³/mol. The topological polar surface area (TPSA) is 104 Å². The highest BCUT2D eigenvalue weighted by Gasteiger charge is 2.38. The molecular formula is C58H65F3N8O2. The number of aliphatic hydroxyl groups is 1. The summed E-state index contributed by atoms with van der Waals surface area (Å²) in [7, 11) is 0. The van der Waals surface area contributed by atoms with Gasteiger partial charge in [0.25, 0.3) is 5.91 Å². The lowest BCUT2D eigenvalue weighted by molar-refractivity contribution is -0.131. The molecule has 0 radical (unpaired) electrons. The molecule has 4 aliphatic rings. The van der Waals surface area contributed by atoms with Gasteiger partial charge >= 0.3 is 6.18 Å². The summed E-state index contributed by atoms with van der Waals surface area (Å²) in [5, 5.41) is 19.8. The Morgan fingerprint density at radius 3 is 2.23 bits per heavy atom. The molecule has 0 bridgehead atoms. The SMILES string of the molecule is Cc1cc(CCCc2ccc(C(=O)N3CC(C4CCN(Cc5ccc(-c6cn(C7CCC(O)CC7)c7nc(NCCC(F)(F)F)ncc67)cc5)CC4)C3)cc2)ccc1-c1ccc2nn(CC3CC3)cc2c1. The molecule has 3 aromatic heterocycles. The lowest BCUT2D eigenvalue weighted by Gasteiger charge is -2.46. The first-order valence-electron chi connectivity index (χ1n) is 26.1. The quantitative estimate of drug-likeness (QED) is 0.0994. The standard InChI is InChI=1S/C58H65F3N8O2/c1-38-29-40(11-21-51(38)46-16-22-54-47(30-46)36-68(65-54)33-42-5-6-42)4-2-3-39-7-14-45(15-8-39)56(71)67-34-48(35-67)43-23-27-66(28-24-43)32-41-9-12-44(13-10-41)53-37-69(49-17-19-50(70)20-18-49)55-52(53)31-63-57(64-55)62-26-25-58(59,60)61/h7-16,21-22,29-31,36-37,42-43,48-50,70H,2-6,17-20,23-28,32-35H2,1H3,(H,62,63,64). The molecule has 4 aromatic carbocycles. The predicted octanol–water partition coefficient (Wildman–Crippen LogP) is 11.8. The number of likely N-dealkylation sites (tertiary alicyclic amines) is 2. The molecule has 10 nitrogen and oxygen atoms in total. The van der Waals surface area contributed by atoms with E-state index in [2.05, 4.69) is 117 Å². The average Bonchev–Trinajstić information content (AvgIpc) is 3.95. The molecule has 370 valence electrons. The highest BCUT2D eigenvalue weighted by molar-refractivity contribution is 5.95. The van der Waals surface area contributed by atoms with E-state index in [0.717, 1.165) is 118 Å². The summed E-state index contributed by atoms with van der Waals surface area (Å²) in [6.07, 6.45) is 11.5. The van der Waals surface area contributed by atoms with Gasteiger partial charge in [-0.05, 0) is 172 Å². The Labute approximate surface area is 414 Å². The zero-order chi connectivity index (χ0) is 48.6. The van der Waals surface area contributed by atoms with Crippen molar-refractivity contribution in [3.05, 3.63) is 131 Å². The van der Waals surface area contributed by atoms with E-state index in [9.17, 15) is 23.1 Å². The Balaban J connectivity index is 0.625. The summed E-state index contributed by atoms with van der Waals surface area (Å²) >= 11 is 0.